The number of rotatable bonds is 4. The van der Waals surface area contributed by atoms with E-state index in [0.29, 0.717) is 11.1 Å². The number of hydrogen-bond acceptors (Lipinski definition) is 4. The van der Waals surface area contributed by atoms with Crippen molar-refractivity contribution in [3.05, 3.63) is 16.5 Å². The maximum absolute atomic E-state index is 9.46. The van der Waals surface area contributed by atoms with Gasteiger partial charge in [0.05, 0.1) is 12.1 Å². The minimum Gasteiger partial charge on any atom is -0.394 e. The molecular weight excluding hydrogens is 250 g/mol. The summed E-state index contributed by atoms with van der Waals surface area (Å²) < 4.78 is 0. The Morgan fingerprint density at radius 2 is 2.00 bits per heavy atom. The number of anilines is 1. The minimum atomic E-state index is -0.372. The Morgan fingerprint density at radius 3 is 2.50 bits per heavy atom. The molecular formula is C13H20ClN3O. The Labute approximate surface area is 113 Å². The van der Waals surface area contributed by atoms with Gasteiger partial charge in [0.1, 0.15) is 16.8 Å². The SMILES string of the molecule is Cc1c(Cl)nc(C2CC2)nc1N(C)C(C)(C)CO. The summed E-state index contributed by atoms with van der Waals surface area (Å²) in [5.74, 6) is 2.12. The predicted octanol–water partition coefficient (Wildman–Crippen LogP) is 2.52. The molecule has 0 spiro atoms. The molecule has 4 nitrogen and oxygen atoms in total. The fraction of sp³-hybridized carbons (Fsp3) is 0.692. The second kappa shape index (κ2) is 4.67. The molecule has 0 aromatic carbocycles. The van der Waals surface area contributed by atoms with Gasteiger partial charge in [-0.15, -0.1) is 0 Å². The maximum Gasteiger partial charge on any atom is 0.137 e. The Hall–Kier alpha value is -0.870. The van der Waals surface area contributed by atoms with Crippen molar-refractivity contribution in [2.24, 2.45) is 0 Å². The molecule has 0 aliphatic heterocycles. The van der Waals surface area contributed by atoms with E-state index in [-0.39, 0.29) is 12.1 Å². The van der Waals surface area contributed by atoms with Crippen molar-refractivity contribution in [3.8, 4) is 0 Å². The zero-order chi connectivity index (χ0) is 13.5. The van der Waals surface area contributed by atoms with E-state index in [1.165, 1.54) is 0 Å². The lowest BCUT2D eigenvalue weighted by atomic mass is 10.0. The number of aromatic nitrogens is 2. The van der Waals surface area contributed by atoms with Crippen LogP contribution < -0.4 is 4.90 Å². The van der Waals surface area contributed by atoms with Gasteiger partial charge in [-0.2, -0.15) is 0 Å². The third-order valence-corrected chi connectivity index (χ3v) is 4.00. The summed E-state index contributed by atoms with van der Waals surface area (Å²) in [7, 11) is 1.93. The molecule has 1 aliphatic rings. The lowest BCUT2D eigenvalue weighted by Gasteiger charge is -2.36. The second-order valence-corrected chi connectivity index (χ2v) is 5.98. The van der Waals surface area contributed by atoms with Gasteiger partial charge in [-0.3, -0.25) is 0 Å². The average Bonchev–Trinajstić information content (AvgIpc) is 3.15. The quantitative estimate of drug-likeness (QED) is 0.854. The van der Waals surface area contributed by atoms with Crippen LogP contribution in [-0.4, -0.2) is 34.3 Å². The van der Waals surface area contributed by atoms with Gasteiger partial charge < -0.3 is 10.0 Å². The van der Waals surface area contributed by atoms with Crippen LogP contribution in [0, 0.1) is 6.92 Å². The Bertz CT molecular complexity index is 458. The van der Waals surface area contributed by atoms with E-state index in [4.69, 9.17) is 11.6 Å². The first-order chi connectivity index (χ1) is 8.36. The van der Waals surface area contributed by atoms with Crippen LogP contribution in [0.25, 0.3) is 0 Å². The molecule has 0 bridgehead atoms. The number of halogens is 1. The van der Waals surface area contributed by atoms with Gasteiger partial charge in [-0.25, -0.2) is 9.97 Å². The Morgan fingerprint density at radius 1 is 1.39 bits per heavy atom. The van der Waals surface area contributed by atoms with Crippen LogP contribution in [0.4, 0.5) is 5.82 Å². The molecule has 1 fully saturated rings. The van der Waals surface area contributed by atoms with Crippen LogP contribution in [0.3, 0.4) is 0 Å². The molecule has 0 unspecified atom stereocenters. The molecule has 0 amide bonds. The summed E-state index contributed by atoms with van der Waals surface area (Å²) in [6.07, 6.45) is 2.29. The monoisotopic (exact) mass is 269 g/mol. The lowest BCUT2D eigenvalue weighted by molar-refractivity contribution is 0.215. The number of hydrogen-bond donors (Lipinski definition) is 1. The Balaban J connectivity index is 2.42. The maximum atomic E-state index is 9.46. The predicted molar refractivity (Wildman–Crippen MR) is 73.3 cm³/mol. The molecule has 1 aliphatic carbocycles. The number of aliphatic hydroxyl groups is 1. The van der Waals surface area contributed by atoms with E-state index in [2.05, 4.69) is 9.97 Å². The van der Waals surface area contributed by atoms with Gasteiger partial charge in [0, 0.05) is 18.5 Å². The van der Waals surface area contributed by atoms with E-state index in [1.807, 2.05) is 32.7 Å². The van der Waals surface area contributed by atoms with Crippen molar-refractivity contribution in [2.75, 3.05) is 18.6 Å². The van der Waals surface area contributed by atoms with Crippen LogP contribution in [0.1, 0.15) is 44.0 Å². The van der Waals surface area contributed by atoms with E-state index < -0.39 is 0 Å². The summed E-state index contributed by atoms with van der Waals surface area (Å²) in [4.78, 5) is 11.0. The van der Waals surface area contributed by atoms with Crippen LogP contribution in [0.15, 0.2) is 0 Å². The minimum absolute atomic E-state index is 0.0589. The van der Waals surface area contributed by atoms with Crippen molar-refractivity contribution in [1.29, 1.82) is 0 Å². The first-order valence-corrected chi connectivity index (χ1v) is 6.63. The van der Waals surface area contributed by atoms with Crippen molar-refractivity contribution < 1.29 is 5.11 Å². The topological polar surface area (TPSA) is 49.2 Å². The van der Waals surface area contributed by atoms with Gasteiger partial charge in [-0.1, -0.05) is 11.6 Å². The summed E-state index contributed by atoms with van der Waals surface area (Å²) in [5.41, 5.74) is 0.494. The lowest BCUT2D eigenvalue weighted by Crippen LogP contribution is -2.45. The molecule has 1 N–H and O–H groups in total. The van der Waals surface area contributed by atoms with E-state index in [0.717, 1.165) is 30.0 Å². The third kappa shape index (κ3) is 2.45. The summed E-state index contributed by atoms with van der Waals surface area (Å²) in [6, 6.07) is 0. The van der Waals surface area contributed by atoms with Gasteiger partial charge in [0.15, 0.2) is 0 Å². The molecule has 1 aromatic heterocycles. The first kappa shape index (κ1) is 13.6. The van der Waals surface area contributed by atoms with Crippen molar-refractivity contribution in [2.45, 2.75) is 45.1 Å². The number of aliphatic hydroxyl groups excluding tert-OH is 1. The molecule has 0 radical (unpaired) electrons. The molecule has 1 saturated carbocycles. The van der Waals surface area contributed by atoms with Gasteiger partial charge >= 0.3 is 0 Å². The highest BCUT2D eigenvalue weighted by molar-refractivity contribution is 6.30. The highest BCUT2D eigenvalue weighted by Gasteiger charge is 2.31. The third-order valence-electron chi connectivity index (χ3n) is 3.63. The molecule has 0 atom stereocenters. The summed E-state index contributed by atoms with van der Waals surface area (Å²) in [5, 5.41) is 9.97. The highest BCUT2D eigenvalue weighted by Crippen LogP contribution is 2.40. The summed E-state index contributed by atoms with van der Waals surface area (Å²) >= 11 is 6.19. The fourth-order valence-electron chi connectivity index (χ4n) is 1.74. The highest BCUT2D eigenvalue weighted by atomic mass is 35.5. The fourth-order valence-corrected chi connectivity index (χ4v) is 1.91. The van der Waals surface area contributed by atoms with Crippen LogP contribution in [0.5, 0.6) is 0 Å². The van der Waals surface area contributed by atoms with Gasteiger partial charge in [-0.05, 0) is 33.6 Å². The zero-order valence-corrected chi connectivity index (χ0v) is 12.1. The van der Waals surface area contributed by atoms with Crippen LogP contribution in [0.2, 0.25) is 5.15 Å². The second-order valence-electron chi connectivity index (χ2n) is 5.63. The van der Waals surface area contributed by atoms with E-state index >= 15 is 0 Å². The normalized spacial score (nSPS) is 15.9. The molecule has 1 heterocycles. The zero-order valence-electron chi connectivity index (χ0n) is 11.4. The average molecular weight is 270 g/mol. The largest absolute Gasteiger partial charge is 0.394 e. The molecule has 0 saturated heterocycles. The van der Waals surface area contributed by atoms with Gasteiger partial charge in [0.2, 0.25) is 0 Å². The van der Waals surface area contributed by atoms with E-state index in [9.17, 15) is 5.11 Å². The molecule has 100 valence electrons. The number of nitrogens with zero attached hydrogens (tertiary/aromatic N) is 3. The number of likely N-dealkylation sites (N-methyl/N-ethyl adjacent to an activating group) is 1. The van der Waals surface area contributed by atoms with Crippen LogP contribution >= 0.6 is 11.6 Å². The van der Waals surface area contributed by atoms with Gasteiger partial charge in [0.25, 0.3) is 0 Å². The van der Waals surface area contributed by atoms with Crippen molar-refractivity contribution >= 4 is 17.4 Å². The summed E-state index contributed by atoms with van der Waals surface area (Å²) in [6.45, 7) is 5.92. The Kier molecular flexibility index (Phi) is 3.52. The molecule has 2 rings (SSSR count). The van der Waals surface area contributed by atoms with Crippen molar-refractivity contribution in [3.63, 3.8) is 0 Å². The molecule has 5 heteroatoms. The van der Waals surface area contributed by atoms with Crippen LogP contribution in [-0.2, 0) is 0 Å². The molecule has 18 heavy (non-hydrogen) atoms. The molecule has 1 aromatic rings. The first-order valence-electron chi connectivity index (χ1n) is 6.25. The smallest absolute Gasteiger partial charge is 0.137 e. The van der Waals surface area contributed by atoms with E-state index in [1.54, 1.807) is 0 Å². The van der Waals surface area contributed by atoms with Crippen molar-refractivity contribution in [1.82, 2.24) is 9.97 Å². The standard InChI is InChI=1S/C13H20ClN3O/c1-8-10(14)15-11(9-5-6-9)16-12(8)17(4)13(2,3)7-18/h9,18H,5-7H2,1-4H3.